The molecule has 0 atom stereocenters. The van der Waals surface area contributed by atoms with Crippen LogP contribution in [0.5, 0.6) is 0 Å². The molecule has 4 heteroatoms. The molecule has 0 fully saturated rings. The van der Waals surface area contributed by atoms with Crippen LogP contribution in [0.25, 0.3) is 10.9 Å². The minimum atomic E-state index is 0.435. The SMILES string of the molecule is CC(C)c1cn(Cc2cc(Cl)c3ccccc3n2)cn1. The van der Waals surface area contributed by atoms with E-state index >= 15 is 0 Å². The number of pyridine rings is 1. The third-order valence-corrected chi connectivity index (χ3v) is 3.62. The summed E-state index contributed by atoms with van der Waals surface area (Å²) in [5, 5.41) is 1.74. The Morgan fingerprint density at radius 1 is 1.25 bits per heavy atom. The fourth-order valence-electron chi connectivity index (χ4n) is 2.21. The van der Waals surface area contributed by atoms with Crippen molar-refractivity contribution >= 4 is 22.5 Å². The second-order valence-electron chi connectivity index (χ2n) is 5.24. The van der Waals surface area contributed by atoms with Gasteiger partial charge in [-0.1, -0.05) is 43.6 Å². The molecule has 0 aliphatic carbocycles. The maximum Gasteiger partial charge on any atom is 0.0953 e. The van der Waals surface area contributed by atoms with Crippen LogP contribution in [-0.2, 0) is 6.54 Å². The number of nitrogens with zero attached hydrogens (tertiary/aromatic N) is 3. The predicted molar refractivity (Wildman–Crippen MR) is 82.2 cm³/mol. The normalized spacial score (nSPS) is 11.4. The van der Waals surface area contributed by atoms with E-state index in [4.69, 9.17) is 11.6 Å². The number of fused-ring (bicyclic) bond motifs is 1. The lowest BCUT2D eigenvalue weighted by Gasteiger charge is -2.06. The first-order valence-corrected chi connectivity index (χ1v) is 7.07. The summed E-state index contributed by atoms with van der Waals surface area (Å²) in [6, 6.07) is 9.85. The van der Waals surface area contributed by atoms with Gasteiger partial charge in [-0.25, -0.2) is 4.98 Å². The molecule has 3 aromatic rings. The van der Waals surface area contributed by atoms with Crippen LogP contribution in [0.1, 0.15) is 31.2 Å². The number of hydrogen-bond acceptors (Lipinski definition) is 2. The van der Waals surface area contributed by atoms with Crippen LogP contribution in [0.2, 0.25) is 5.02 Å². The molecule has 3 nitrogen and oxygen atoms in total. The monoisotopic (exact) mass is 285 g/mol. The molecule has 0 aliphatic heterocycles. The van der Waals surface area contributed by atoms with Gasteiger partial charge in [0.2, 0.25) is 0 Å². The molecule has 0 aliphatic rings. The van der Waals surface area contributed by atoms with Gasteiger partial charge in [-0.2, -0.15) is 0 Å². The third-order valence-electron chi connectivity index (χ3n) is 3.31. The molecule has 0 amide bonds. The van der Waals surface area contributed by atoms with Gasteiger partial charge in [0, 0.05) is 11.6 Å². The number of para-hydroxylation sites is 1. The first-order valence-electron chi connectivity index (χ1n) is 6.69. The second kappa shape index (κ2) is 5.25. The third kappa shape index (κ3) is 2.54. The van der Waals surface area contributed by atoms with E-state index < -0.39 is 0 Å². The van der Waals surface area contributed by atoms with Gasteiger partial charge < -0.3 is 4.57 Å². The van der Waals surface area contributed by atoms with E-state index in [1.165, 1.54) is 0 Å². The van der Waals surface area contributed by atoms with Crippen LogP contribution < -0.4 is 0 Å². The Labute approximate surface area is 123 Å². The summed E-state index contributed by atoms with van der Waals surface area (Å²) in [6.07, 6.45) is 3.91. The van der Waals surface area contributed by atoms with Gasteiger partial charge >= 0.3 is 0 Å². The zero-order chi connectivity index (χ0) is 14.1. The summed E-state index contributed by atoms with van der Waals surface area (Å²) >= 11 is 6.32. The van der Waals surface area contributed by atoms with E-state index in [0.717, 1.165) is 27.3 Å². The molecule has 3 rings (SSSR count). The number of halogens is 1. The molecule has 0 saturated heterocycles. The Kier molecular flexibility index (Phi) is 3.45. The molecule has 0 bridgehead atoms. The molecule has 0 unspecified atom stereocenters. The summed E-state index contributed by atoms with van der Waals surface area (Å²) in [7, 11) is 0. The van der Waals surface area contributed by atoms with Crippen LogP contribution in [0, 0.1) is 0 Å². The fraction of sp³-hybridized carbons (Fsp3) is 0.250. The van der Waals surface area contributed by atoms with Crippen molar-refractivity contribution in [3.05, 3.63) is 59.3 Å². The largest absolute Gasteiger partial charge is 0.331 e. The Hall–Kier alpha value is -1.87. The highest BCUT2D eigenvalue weighted by atomic mass is 35.5. The second-order valence-corrected chi connectivity index (χ2v) is 5.65. The van der Waals surface area contributed by atoms with Crippen molar-refractivity contribution in [3.8, 4) is 0 Å². The Morgan fingerprint density at radius 2 is 2.05 bits per heavy atom. The highest BCUT2D eigenvalue weighted by Crippen LogP contribution is 2.23. The molecule has 102 valence electrons. The maximum atomic E-state index is 6.32. The van der Waals surface area contributed by atoms with Gasteiger partial charge in [-0.3, -0.25) is 4.98 Å². The molecular formula is C16H16ClN3. The quantitative estimate of drug-likeness (QED) is 0.720. The first kappa shape index (κ1) is 13.1. The lowest BCUT2D eigenvalue weighted by molar-refractivity contribution is 0.772. The molecular weight excluding hydrogens is 270 g/mol. The van der Waals surface area contributed by atoms with Crippen molar-refractivity contribution in [1.29, 1.82) is 0 Å². The summed E-state index contributed by atoms with van der Waals surface area (Å²) < 4.78 is 2.04. The van der Waals surface area contributed by atoms with E-state index in [-0.39, 0.29) is 0 Å². The van der Waals surface area contributed by atoms with Crippen molar-refractivity contribution in [1.82, 2.24) is 14.5 Å². The van der Waals surface area contributed by atoms with Crippen molar-refractivity contribution in [2.75, 3.05) is 0 Å². The maximum absolute atomic E-state index is 6.32. The van der Waals surface area contributed by atoms with Crippen molar-refractivity contribution < 1.29 is 0 Å². The van der Waals surface area contributed by atoms with Crippen LogP contribution in [0.15, 0.2) is 42.9 Å². The van der Waals surface area contributed by atoms with Crippen LogP contribution in [0.4, 0.5) is 0 Å². The van der Waals surface area contributed by atoms with Gasteiger partial charge in [0.25, 0.3) is 0 Å². The highest BCUT2D eigenvalue weighted by molar-refractivity contribution is 6.35. The molecule has 2 heterocycles. The number of imidazole rings is 1. The predicted octanol–water partition coefficient (Wildman–Crippen LogP) is 4.26. The van der Waals surface area contributed by atoms with Gasteiger partial charge in [0.05, 0.1) is 34.8 Å². The van der Waals surface area contributed by atoms with Crippen LogP contribution >= 0.6 is 11.6 Å². The number of hydrogen-bond donors (Lipinski definition) is 0. The van der Waals surface area contributed by atoms with Crippen molar-refractivity contribution in [2.24, 2.45) is 0 Å². The smallest absolute Gasteiger partial charge is 0.0953 e. The Morgan fingerprint density at radius 3 is 2.80 bits per heavy atom. The molecule has 0 radical (unpaired) electrons. The lowest BCUT2D eigenvalue weighted by atomic mass is 10.1. The Balaban J connectivity index is 1.94. The van der Waals surface area contributed by atoms with Crippen LogP contribution in [-0.4, -0.2) is 14.5 Å². The molecule has 0 saturated carbocycles. The van der Waals surface area contributed by atoms with E-state index in [1.807, 2.05) is 41.2 Å². The zero-order valence-corrected chi connectivity index (χ0v) is 12.3. The average molecular weight is 286 g/mol. The molecule has 0 spiro atoms. The molecule has 2 aromatic heterocycles. The van der Waals surface area contributed by atoms with E-state index in [9.17, 15) is 0 Å². The van der Waals surface area contributed by atoms with Gasteiger partial charge in [0.15, 0.2) is 0 Å². The van der Waals surface area contributed by atoms with E-state index in [0.29, 0.717) is 12.5 Å². The summed E-state index contributed by atoms with van der Waals surface area (Å²) in [5.41, 5.74) is 2.97. The minimum absolute atomic E-state index is 0.435. The topological polar surface area (TPSA) is 30.7 Å². The van der Waals surface area contributed by atoms with Crippen molar-refractivity contribution in [3.63, 3.8) is 0 Å². The highest BCUT2D eigenvalue weighted by Gasteiger charge is 2.07. The fourth-order valence-corrected chi connectivity index (χ4v) is 2.50. The standard InChI is InChI=1S/C16H16ClN3/c1-11(2)16-9-20(10-18-16)8-12-7-14(17)13-5-3-4-6-15(13)19-12/h3-7,9-11H,8H2,1-2H3. The lowest BCUT2D eigenvalue weighted by Crippen LogP contribution is -2.00. The van der Waals surface area contributed by atoms with Crippen LogP contribution in [0.3, 0.4) is 0 Å². The molecule has 0 N–H and O–H groups in total. The van der Waals surface area contributed by atoms with Crippen molar-refractivity contribution in [2.45, 2.75) is 26.3 Å². The number of benzene rings is 1. The zero-order valence-electron chi connectivity index (χ0n) is 11.5. The number of aromatic nitrogens is 3. The minimum Gasteiger partial charge on any atom is -0.331 e. The Bertz CT molecular complexity index is 746. The summed E-state index contributed by atoms with van der Waals surface area (Å²) in [4.78, 5) is 9.05. The molecule has 1 aromatic carbocycles. The molecule has 20 heavy (non-hydrogen) atoms. The first-order chi connectivity index (χ1) is 9.63. The van der Waals surface area contributed by atoms with Gasteiger partial charge in [0.1, 0.15) is 0 Å². The number of rotatable bonds is 3. The van der Waals surface area contributed by atoms with Gasteiger partial charge in [-0.05, 0) is 18.1 Å². The average Bonchev–Trinajstić information content (AvgIpc) is 2.87. The van der Waals surface area contributed by atoms with E-state index in [1.54, 1.807) is 0 Å². The summed E-state index contributed by atoms with van der Waals surface area (Å²) in [5.74, 6) is 0.435. The van der Waals surface area contributed by atoms with Gasteiger partial charge in [-0.15, -0.1) is 0 Å². The summed E-state index contributed by atoms with van der Waals surface area (Å²) in [6.45, 7) is 4.96. The van der Waals surface area contributed by atoms with E-state index in [2.05, 4.69) is 30.0 Å².